The van der Waals surface area contributed by atoms with Gasteiger partial charge in [-0.3, -0.25) is 4.79 Å². The molecule has 2 rings (SSSR count). The van der Waals surface area contributed by atoms with E-state index in [1.807, 2.05) is 30.3 Å². The summed E-state index contributed by atoms with van der Waals surface area (Å²) < 4.78 is 0. The number of amides is 1. The minimum atomic E-state index is -1.16. The third kappa shape index (κ3) is 3.58. The van der Waals surface area contributed by atoms with Gasteiger partial charge in [0, 0.05) is 19.2 Å². The molecule has 1 aromatic carbocycles. The van der Waals surface area contributed by atoms with Crippen LogP contribution in [0.5, 0.6) is 0 Å². The number of carboxylic acid groups (broad SMARTS) is 1. The van der Waals surface area contributed by atoms with E-state index < -0.39 is 5.97 Å². The van der Waals surface area contributed by atoms with Gasteiger partial charge in [-0.15, -0.1) is 0 Å². The van der Waals surface area contributed by atoms with Crippen molar-refractivity contribution < 1.29 is 14.7 Å². The number of hydrogen-bond donors (Lipinski definition) is 1. The highest BCUT2D eigenvalue weighted by Crippen LogP contribution is 2.25. The number of anilines is 1. The average Bonchev–Trinajstić information content (AvgIpc) is 2.45. The molecule has 0 aliphatic heterocycles. The lowest BCUT2D eigenvalue weighted by molar-refractivity contribution is -0.116. The number of aromatic nitrogens is 1. The second-order valence-electron chi connectivity index (χ2n) is 4.42. The summed E-state index contributed by atoms with van der Waals surface area (Å²) in [7, 11) is 0. The van der Waals surface area contributed by atoms with Gasteiger partial charge in [-0.05, 0) is 5.56 Å². The third-order valence-electron chi connectivity index (χ3n) is 2.93. The maximum atomic E-state index is 11.9. The number of aromatic carboxylic acids is 1. The Balaban J connectivity index is 2.46. The number of carboxylic acids is 1. The van der Waals surface area contributed by atoms with Gasteiger partial charge in [-0.2, -0.15) is 0 Å². The molecule has 6 heteroatoms. The molecule has 1 amide bonds. The Morgan fingerprint density at radius 1 is 1.29 bits per heavy atom. The molecule has 0 aliphatic rings. The summed E-state index contributed by atoms with van der Waals surface area (Å²) in [4.78, 5) is 28.3. The molecular weight excluding hydrogens is 292 g/mol. The van der Waals surface area contributed by atoms with Crippen molar-refractivity contribution in [3.63, 3.8) is 0 Å². The van der Waals surface area contributed by atoms with Gasteiger partial charge in [0.25, 0.3) is 0 Å². The van der Waals surface area contributed by atoms with Crippen molar-refractivity contribution in [1.29, 1.82) is 0 Å². The zero-order valence-electron chi connectivity index (χ0n) is 11.3. The molecule has 2 aromatic rings. The number of pyridine rings is 1. The van der Waals surface area contributed by atoms with E-state index >= 15 is 0 Å². The van der Waals surface area contributed by atoms with E-state index in [0.717, 1.165) is 11.8 Å². The van der Waals surface area contributed by atoms with Crippen molar-refractivity contribution in [2.75, 3.05) is 4.90 Å². The summed E-state index contributed by atoms with van der Waals surface area (Å²) in [6.45, 7) is 1.64. The van der Waals surface area contributed by atoms with Crippen LogP contribution in [-0.2, 0) is 11.3 Å². The first-order chi connectivity index (χ1) is 9.99. The molecule has 0 saturated heterocycles. The number of rotatable bonds is 4. The fourth-order valence-electron chi connectivity index (χ4n) is 1.94. The Morgan fingerprint density at radius 2 is 1.95 bits per heavy atom. The van der Waals surface area contributed by atoms with Crippen LogP contribution in [-0.4, -0.2) is 22.0 Å². The summed E-state index contributed by atoms with van der Waals surface area (Å²) in [5.74, 6) is -1.43. The van der Waals surface area contributed by atoms with E-state index in [9.17, 15) is 14.7 Å². The number of nitrogens with zero attached hydrogens (tertiary/aromatic N) is 2. The highest BCUT2D eigenvalue weighted by molar-refractivity contribution is 6.30. The largest absolute Gasteiger partial charge is 0.478 e. The predicted octanol–water partition coefficient (Wildman–Crippen LogP) is 2.99. The third-order valence-corrected chi connectivity index (χ3v) is 3.14. The van der Waals surface area contributed by atoms with Crippen molar-refractivity contribution >= 4 is 29.2 Å². The van der Waals surface area contributed by atoms with Crippen LogP contribution in [0.4, 0.5) is 5.69 Å². The Labute approximate surface area is 126 Å². The summed E-state index contributed by atoms with van der Waals surface area (Å²) in [6.07, 6.45) is 1.15. The van der Waals surface area contributed by atoms with E-state index in [1.54, 1.807) is 0 Å². The zero-order valence-corrected chi connectivity index (χ0v) is 12.0. The Bertz CT molecular complexity index is 674. The first kappa shape index (κ1) is 15.0. The van der Waals surface area contributed by atoms with Crippen LogP contribution >= 0.6 is 11.6 Å². The second kappa shape index (κ2) is 6.37. The number of hydrogen-bond acceptors (Lipinski definition) is 3. The normalized spacial score (nSPS) is 10.2. The molecule has 21 heavy (non-hydrogen) atoms. The standard InChI is InChI=1S/C15H13ClN2O3/c1-10(19)18(9-11-5-3-2-4-6-11)13-7-14(16)17-8-12(13)15(20)21/h2-8H,9H2,1H3,(H,20,21). The Morgan fingerprint density at radius 3 is 2.52 bits per heavy atom. The molecular formula is C15H13ClN2O3. The van der Waals surface area contributed by atoms with Crippen molar-refractivity contribution in [2.24, 2.45) is 0 Å². The van der Waals surface area contributed by atoms with Crippen LogP contribution in [0.2, 0.25) is 5.15 Å². The lowest BCUT2D eigenvalue weighted by Crippen LogP contribution is -2.29. The van der Waals surface area contributed by atoms with Crippen LogP contribution in [0.25, 0.3) is 0 Å². The van der Waals surface area contributed by atoms with Crippen LogP contribution < -0.4 is 4.90 Å². The molecule has 0 fully saturated rings. The molecule has 0 unspecified atom stereocenters. The minimum Gasteiger partial charge on any atom is -0.478 e. The smallest absolute Gasteiger partial charge is 0.339 e. The van der Waals surface area contributed by atoms with E-state index in [1.165, 1.54) is 17.9 Å². The number of carbonyl (C=O) groups is 2. The average molecular weight is 305 g/mol. The van der Waals surface area contributed by atoms with E-state index in [2.05, 4.69) is 4.98 Å². The number of benzene rings is 1. The molecule has 0 aliphatic carbocycles. The molecule has 1 aromatic heterocycles. The van der Waals surface area contributed by atoms with Gasteiger partial charge in [-0.25, -0.2) is 9.78 Å². The number of halogens is 1. The fraction of sp³-hybridized carbons (Fsp3) is 0.133. The van der Waals surface area contributed by atoms with Gasteiger partial charge in [0.1, 0.15) is 10.7 Å². The molecule has 1 N–H and O–H groups in total. The van der Waals surface area contributed by atoms with Gasteiger partial charge in [0.15, 0.2) is 0 Å². The summed E-state index contributed by atoms with van der Waals surface area (Å²) in [6, 6.07) is 10.7. The zero-order chi connectivity index (χ0) is 15.4. The van der Waals surface area contributed by atoms with Crippen molar-refractivity contribution in [3.8, 4) is 0 Å². The lowest BCUT2D eigenvalue weighted by atomic mass is 10.1. The maximum Gasteiger partial charge on any atom is 0.339 e. The fourth-order valence-corrected chi connectivity index (χ4v) is 2.09. The van der Waals surface area contributed by atoms with Crippen molar-refractivity contribution in [2.45, 2.75) is 13.5 Å². The highest BCUT2D eigenvalue weighted by atomic mass is 35.5. The molecule has 0 radical (unpaired) electrons. The topological polar surface area (TPSA) is 70.5 Å². The molecule has 108 valence electrons. The first-order valence-corrected chi connectivity index (χ1v) is 6.57. The van der Waals surface area contributed by atoms with Gasteiger partial charge in [-0.1, -0.05) is 41.9 Å². The molecule has 0 bridgehead atoms. The lowest BCUT2D eigenvalue weighted by Gasteiger charge is -2.23. The summed E-state index contributed by atoms with van der Waals surface area (Å²) in [5, 5.41) is 9.37. The molecule has 1 heterocycles. The Hall–Kier alpha value is -2.40. The van der Waals surface area contributed by atoms with Crippen LogP contribution in [0, 0.1) is 0 Å². The summed E-state index contributed by atoms with van der Waals surface area (Å²) in [5.41, 5.74) is 1.06. The monoisotopic (exact) mass is 304 g/mol. The summed E-state index contributed by atoms with van der Waals surface area (Å²) >= 11 is 5.83. The maximum absolute atomic E-state index is 11.9. The highest BCUT2D eigenvalue weighted by Gasteiger charge is 2.20. The van der Waals surface area contributed by atoms with Crippen LogP contribution in [0.1, 0.15) is 22.8 Å². The van der Waals surface area contributed by atoms with Crippen molar-refractivity contribution in [3.05, 3.63) is 58.9 Å². The Kier molecular flexibility index (Phi) is 4.55. The van der Waals surface area contributed by atoms with Gasteiger partial charge >= 0.3 is 5.97 Å². The van der Waals surface area contributed by atoms with Crippen molar-refractivity contribution in [1.82, 2.24) is 4.98 Å². The van der Waals surface area contributed by atoms with Gasteiger partial charge in [0.2, 0.25) is 5.91 Å². The molecule has 5 nitrogen and oxygen atoms in total. The molecule has 0 atom stereocenters. The predicted molar refractivity (Wildman–Crippen MR) is 79.5 cm³/mol. The first-order valence-electron chi connectivity index (χ1n) is 6.20. The van der Waals surface area contributed by atoms with E-state index in [0.29, 0.717) is 0 Å². The van der Waals surface area contributed by atoms with Gasteiger partial charge < -0.3 is 10.0 Å². The van der Waals surface area contributed by atoms with Crippen LogP contribution in [0.3, 0.4) is 0 Å². The molecule has 0 saturated carbocycles. The molecule has 0 spiro atoms. The van der Waals surface area contributed by atoms with Crippen LogP contribution in [0.15, 0.2) is 42.6 Å². The number of carbonyl (C=O) groups excluding carboxylic acids is 1. The second-order valence-corrected chi connectivity index (χ2v) is 4.81. The van der Waals surface area contributed by atoms with E-state index in [4.69, 9.17) is 11.6 Å². The van der Waals surface area contributed by atoms with Gasteiger partial charge in [0.05, 0.1) is 12.2 Å². The quantitative estimate of drug-likeness (QED) is 0.882. The SMILES string of the molecule is CC(=O)N(Cc1ccccc1)c1cc(Cl)ncc1C(=O)O. The minimum absolute atomic E-state index is 0.0643. The van der Waals surface area contributed by atoms with E-state index in [-0.39, 0.29) is 28.9 Å².